The molecule has 0 saturated carbocycles. The van der Waals surface area contributed by atoms with Gasteiger partial charge in [-0.1, -0.05) is 18.2 Å². The molecule has 8 nitrogen and oxygen atoms in total. The van der Waals surface area contributed by atoms with Crippen molar-refractivity contribution < 1.29 is 19.5 Å². The molecule has 1 aliphatic carbocycles. The second-order valence-electron chi connectivity index (χ2n) is 9.02. The van der Waals surface area contributed by atoms with Gasteiger partial charge < -0.3 is 14.2 Å². The molecule has 2 N–H and O–H groups in total. The van der Waals surface area contributed by atoms with Crippen LogP contribution in [0.3, 0.4) is 0 Å². The molecule has 2 heterocycles. The van der Waals surface area contributed by atoms with E-state index in [0.717, 1.165) is 47.2 Å². The van der Waals surface area contributed by atoms with Crippen LogP contribution in [0.2, 0.25) is 0 Å². The lowest BCUT2D eigenvalue weighted by atomic mass is 9.70. The molecule has 8 heteroatoms. The summed E-state index contributed by atoms with van der Waals surface area (Å²) in [5.74, 6) is 0.558. The van der Waals surface area contributed by atoms with Crippen LogP contribution in [0, 0.1) is 5.41 Å². The number of aryl methyl sites for hydroxylation is 1. The van der Waals surface area contributed by atoms with Crippen LogP contribution in [0.1, 0.15) is 40.2 Å². The molecule has 33 heavy (non-hydrogen) atoms. The second-order valence-corrected chi connectivity index (χ2v) is 9.02. The monoisotopic (exact) mass is 448 g/mol. The molecule has 1 fully saturated rings. The number of nitrogens with zero attached hydrogens (tertiary/aromatic N) is 3. The van der Waals surface area contributed by atoms with Crippen LogP contribution in [0.4, 0.5) is 0 Å². The van der Waals surface area contributed by atoms with Crippen molar-refractivity contribution in [1.29, 1.82) is 0 Å². The van der Waals surface area contributed by atoms with Crippen LogP contribution >= 0.6 is 0 Å². The van der Waals surface area contributed by atoms with E-state index in [-0.39, 0.29) is 5.91 Å². The van der Waals surface area contributed by atoms with Gasteiger partial charge >= 0.3 is 0 Å². The largest absolute Gasteiger partial charge is 0.383 e. The molecule has 2 aromatic carbocycles. The van der Waals surface area contributed by atoms with E-state index < -0.39 is 11.3 Å². The summed E-state index contributed by atoms with van der Waals surface area (Å²) in [4.78, 5) is 32.1. The van der Waals surface area contributed by atoms with Crippen molar-refractivity contribution in [3.05, 3.63) is 65.0 Å². The Kier molecular flexibility index (Phi) is 5.64. The van der Waals surface area contributed by atoms with E-state index in [9.17, 15) is 9.59 Å². The maximum atomic E-state index is 13.6. The van der Waals surface area contributed by atoms with Crippen LogP contribution in [-0.2, 0) is 35.5 Å². The average Bonchev–Trinajstić information content (AvgIpc) is 3.34. The maximum absolute atomic E-state index is 13.6. The van der Waals surface area contributed by atoms with Gasteiger partial charge in [0.15, 0.2) is 0 Å². The molecular formula is C25H28N4O4. The molecule has 2 aliphatic rings. The molecule has 172 valence electrons. The molecule has 1 atom stereocenters. The molecule has 1 spiro atoms. The van der Waals surface area contributed by atoms with Gasteiger partial charge in [0.2, 0.25) is 5.91 Å². The first-order chi connectivity index (χ1) is 16.0. The van der Waals surface area contributed by atoms with E-state index in [2.05, 4.69) is 10.6 Å². The van der Waals surface area contributed by atoms with Gasteiger partial charge in [0, 0.05) is 25.8 Å². The Morgan fingerprint density at radius 1 is 1.21 bits per heavy atom. The molecule has 3 aromatic rings. The van der Waals surface area contributed by atoms with Gasteiger partial charge in [0.1, 0.15) is 5.82 Å². The Balaban J connectivity index is 1.37. The highest BCUT2D eigenvalue weighted by atomic mass is 16.5. The van der Waals surface area contributed by atoms with Gasteiger partial charge in [-0.05, 0) is 61.1 Å². The minimum absolute atomic E-state index is 0.190. The van der Waals surface area contributed by atoms with E-state index in [0.29, 0.717) is 38.2 Å². The number of aromatic nitrogens is 2. The Morgan fingerprint density at radius 2 is 2.06 bits per heavy atom. The van der Waals surface area contributed by atoms with Gasteiger partial charge in [0.05, 0.1) is 29.6 Å². The Labute approximate surface area is 192 Å². The number of para-hydroxylation sites is 2. The molecule has 0 unspecified atom stereocenters. The predicted octanol–water partition coefficient (Wildman–Crippen LogP) is 2.71. The van der Waals surface area contributed by atoms with Crippen LogP contribution < -0.4 is 5.48 Å². The van der Waals surface area contributed by atoms with E-state index in [1.165, 1.54) is 0 Å². The fourth-order valence-corrected chi connectivity index (χ4v) is 5.35. The van der Waals surface area contributed by atoms with Gasteiger partial charge in [-0.3, -0.25) is 14.8 Å². The fourth-order valence-electron chi connectivity index (χ4n) is 5.35. The van der Waals surface area contributed by atoms with Crippen molar-refractivity contribution in [2.45, 2.75) is 38.8 Å². The quantitative estimate of drug-likeness (QED) is 0.447. The third kappa shape index (κ3) is 3.79. The van der Waals surface area contributed by atoms with Crippen molar-refractivity contribution in [3.63, 3.8) is 0 Å². The third-order valence-corrected chi connectivity index (χ3v) is 7.16. The smallest absolute Gasteiger partial charge is 0.274 e. The van der Waals surface area contributed by atoms with E-state index in [1.807, 2.05) is 35.2 Å². The molecule has 1 saturated heterocycles. The minimum Gasteiger partial charge on any atom is -0.383 e. The van der Waals surface area contributed by atoms with E-state index in [1.54, 1.807) is 18.7 Å². The Hall–Kier alpha value is -3.23. The van der Waals surface area contributed by atoms with Gasteiger partial charge in [0.25, 0.3) is 5.91 Å². The summed E-state index contributed by atoms with van der Waals surface area (Å²) in [6, 6.07) is 13.5. The number of ether oxygens (including phenoxy) is 1. The lowest BCUT2D eigenvalue weighted by Crippen LogP contribution is -2.39. The summed E-state index contributed by atoms with van der Waals surface area (Å²) in [6.07, 6.45) is 3.01. The number of carbonyl (C=O) groups excluding carboxylic acids is 2. The second kappa shape index (κ2) is 8.61. The van der Waals surface area contributed by atoms with Gasteiger partial charge in [-0.25, -0.2) is 10.5 Å². The number of hydroxylamine groups is 1. The number of carbonyl (C=O) groups is 2. The first-order valence-corrected chi connectivity index (χ1v) is 11.3. The fraction of sp³-hybridized carbons (Fsp3) is 0.400. The maximum Gasteiger partial charge on any atom is 0.274 e. The highest BCUT2D eigenvalue weighted by Crippen LogP contribution is 2.44. The zero-order valence-corrected chi connectivity index (χ0v) is 18.7. The highest BCUT2D eigenvalue weighted by Gasteiger charge is 2.48. The van der Waals surface area contributed by atoms with Crippen molar-refractivity contribution >= 4 is 22.8 Å². The number of likely N-dealkylation sites (tertiary alicyclic amines) is 1. The Bertz CT molecular complexity index is 1220. The lowest BCUT2D eigenvalue weighted by Gasteiger charge is -2.33. The minimum atomic E-state index is -0.516. The van der Waals surface area contributed by atoms with E-state index >= 15 is 0 Å². The number of hydrogen-bond acceptors (Lipinski definition) is 5. The van der Waals surface area contributed by atoms with Crippen LogP contribution in [0.25, 0.3) is 11.0 Å². The zero-order chi connectivity index (χ0) is 23.0. The number of amides is 2. The molecule has 2 amide bonds. The zero-order valence-electron chi connectivity index (χ0n) is 18.7. The molecule has 5 rings (SSSR count). The van der Waals surface area contributed by atoms with E-state index in [4.69, 9.17) is 14.9 Å². The average molecular weight is 449 g/mol. The Morgan fingerprint density at radius 3 is 2.88 bits per heavy atom. The topological polar surface area (TPSA) is 96.7 Å². The normalized spacial score (nSPS) is 19.9. The van der Waals surface area contributed by atoms with Crippen LogP contribution in [0.5, 0.6) is 0 Å². The molecular weight excluding hydrogens is 420 g/mol. The summed E-state index contributed by atoms with van der Waals surface area (Å²) >= 11 is 0. The number of methoxy groups -OCH3 is 1. The summed E-state index contributed by atoms with van der Waals surface area (Å²) in [6.45, 7) is 2.48. The number of imidazole rings is 1. The highest BCUT2D eigenvalue weighted by molar-refractivity contribution is 5.93. The number of benzene rings is 2. The van der Waals surface area contributed by atoms with Crippen molar-refractivity contribution in [1.82, 2.24) is 19.9 Å². The first-order valence-electron chi connectivity index (χ1n) is 11.3. The summed E-state index contributed by atoms with van der Waals surface area (Å²) in [5, 5.41) is 8.89. The lowest BCUT2D eigenvalue weighted by molar-refractivity contribution is -0.137. The van der Waals surface area contributed by atoms with Gasteiger partial charge in [-0.15, -0.1) is 0 Å². The molecule has 0 radical (unpaired) electrons. The first kappa shape index (κ1) is 21.6. The predicted molar refractivity (Wildman–Crippen MR) is 122 cm³/mol. The third-order valence-electron chi connectivity index (χ3n) is 7.16. The van der Waals surface area contributed by atoms with Crippen molar-refractivity contribution in [2.75, 3.05) is 20.3 Å². The SMILES string of the molecule is COCCn1c(CN2CC[C@]3(CCc4cc(C(=O)NO)ccc4C3)C2=O)nc2ccccc21. The van der Waals surface area contributed by atoms with Crippen molar-refractivity contribution in [3.8, 4) is 0 Å². The number of hydrogen-bond donors (Lipinski definition) is 2. The summed E-state index contributed by atoms with van der Waals surface area (Å²) in [7, 11) is 1.69. The molecule has 1 aromatic heterocycles. The molecule has 1 aliphatic heterocycles. The van der Waals surface area contributed by atoms with Gasteiger partial charge in [-0.2, -0.15) is 0 Å². The molecule has 0 bridgehead atoms. The summed E-state index contributed by atoms with van der Waals surface area (Å²) < 4.78 is 7.45. The van der Waals surface area contributed by atoms with Crippen LogP contribution in [0.15, 0.2) is 42.5 Å². The standard InChI is InChI=1S/C25H28N4O4/c1-33-13-12-29-21-5-3-2-4-20(21)26-22(29)16-28-11-10-25(24(28)31)9-8-17-14-18(23(30)27-32)6-7-19(17)15-25/h2-7,14,32H,8-13,15-16H2,1H3,(H,27,30)/t25-/m0/s1. The number of rotatable bonds is 6. The number of fused-ring (bicyclic) bond motifs is 2. The number of nitrogens with one attached hydrogen (secondary N) is 1. The van der Waals surface area contributed by atoms with Crippen molar-refractivity contribution in [2.24, 2.45) is 5.41 Å². The summed E-state index contributed by atoms with van der Waals surface area (Å²) in [5.41, 5.74) is 5.90. The van der Waals surface area contributed by atoms with Crippen LogP contribution in [-0.4, -0.2) is 51.7 Å².